The van der Waals surface area contributed by atoms with E-state index in [-0.39, 0.29) is 24.4 Å². The minimum Gasteiger partial charge on any atom is -0.372 e. The van der Waals surface area contributed by atoms with Gasteiger partial charge in [0.1, 0.15) is 12.2 Å². The normalized spacial score (nSPS) is 44.3. The summed E-state index contributed by atoms with van der Waals surface area (Å²) in [6.45, 7) is 7.77. The summed E-state index contributed by atoms with van der Waals surface area (Å²) >= 11 is 0. The van der Waals surface area contributed by atoms with Crippen LogP contribution < -0.4 is 0 Å². The molecule has 4 atom stereocenters. The maximum absolute atomic E-state index is 5.72. The highest BCUT2D eigenvalue weighted by molar-refractivity contribution is 4.93. The molecule has 0 aliphatic carbocycles. The van der Waals surface area contributed by atoms with Gasteiger partial charge in [0, 0.05) is 5.92 Å². The van der Waals surface area contributed by atoms with Crippen LogP contribution in [0.1, 0.15) is 20.8 Å². The Morgan fingerprint density at radius 2 is 1.85 bits per heavy atom. The number of hydrogen-bond acceptors (Lipinski definition) is 3. The zero-order valence-corrected chi connectivity index (χ0v) is 8.53. The zero-order valence-electron chi connectivity index (χ0n) is 8.53. The van der Waals surface area contributed by atoms with E-state index >= 15 is 0 Å². The molecule has 2 saturated heterocycles. The summed E-state index contributed by atoms with van der Waals surface area (Å²) in [4.78, 5) is 0. The lowest BCUT2D eigenvalue weighted by atomic mass is 10.0. The third kappa shape index (κ3) is 1.73. The molecule has 2 aliphatic heterocycles. The van der Waals surface area contributed by atoms with Crippen molar-refractivity contribution in [3.05, 3.63) is 0 Å². The van der Waals surface area contributed by atoms with Crippen molar-refractivity contribution in [2.45, 2.75) is 45.2 Å². The number of rotatable bonds is 2. The molecule has 2 fully saturated rings. The summed E-state index contributed by atoms with van der Waals surface area (Å²) in [5, 5.41) is 0. The fourth-order valence-electron chi connectivity index (χ4n) is 2.12. The lowest BCUT2D eigenvalue weighted by Gasteiger charge is -2.18. The van der Waals surface area contributed by atoms with E-state index in [0.717, 1.165) is 6.61 Å². The standard InChI is InChI=1S/C10H18O3/c1-6(2)13-8-5-12-9-7(3)4-11-10(8)9/h6-10H,4-5H2,1-3H3/t7-,8+,9-,10-/m0/s1. The first kappa shape index (κ1) is 9.44. The molecule has 2 rings (SSSR count). The van der Waals surface area contributed by atoms with Gasteiger partial charge < -0.3 is 14.2 Å². The molecule has 13 heavy (non-hydrogen) atoms. The average molecular weight is 186 g/mol. The lowest BCUT2D eigenvalue weighted by molar-refractivity contribution is -0.0579. The maximum Gasteiger partial charge on any atom is 0.112 e. The minimum absolute atomic E-state index is 0.148. The summed E-state index contributed by atoms with van der Waals surface area (Å²) in [6.07, 6.45) is 0.850. The van der Waals surface area contributed by atoms with Crippen molar-refractivity contribution in [3.8, 4) is 0 Å². The minimum atomic E-state index is 0.148. The van der Waals surface area contributed by atoms with Gasteiger partial charge in [-0.05, 0) is 13.8 Å². The van der Waals surface area contributed by atoms with Gasteiger partial charge in [-0.2, -0.15) is 0 Å². The summed E-state index contributed by atoms with van der Waals surface area (Å²) in [7, 11) is 0. The van der Waals surface area contributed by atoms with Crippen LogP contribution in [0.2, 0.25) is 0 Å². The summed E-state index contributed by atoms with van der Waals surface area (Å²) in [6, 6.07) is 0. The second kappa shape index (κ2) is 3.56. The SMILES string of the molecule is CC(C)O[C@@H]1CO[C@@H]2[C@H]1OC[C@@H]2C. The van der Waals surface area contributed by atoms with E-state index in [0.29, 0.717) is 12.5 Å². The van der Waals surface area contributed by atoms with Crippen molar-refractivity contribution in [2.75, 3.05) is 13.2 Å². The molecule has 76 valence electrons. The van der Waals surface area contributed by atoms with E-state index in [9.17, 15) is 0 Å². The van der Waals surface area contributed by atoms with Crippen molar-refractivity contribution in [3.63, 3.8) is 0 Å². The van der Waals surface area contributed by atoms with Crippen LogP contribution in [0.25, 0.3) is 0 Å². The van der Waals surface area contributed by atoms with E-state index in [1.807, 2.05) is 13.8 Å². The Morgan fingerprint density at radius 3 is 2.54 bits per heavy atom. The third-order valence-electron chi connectivity index (χ3n) is 2.70. The molecule has 0 unspecified atom stereocenters. The van der Waals surface area contributed by atoms with Gasteiger partial charge in [-0.1, -0.05) is 6.92 Å². The fraction of sp³-hybridized carbons (Fsp3) is 1.00. The van der Waals surface area contributed by atoms with E-state index in [1.165, 1.54) is 0 Å². The van der Waals surface area contributed by atoms with Crippen LogP contribution in [-0.2, 0) is 14.2 Å². The highest BCUT2D eigenvalue weighted by Crippen LogP contribution is 2.32. The summed E-state index contributed by atoms with van der Waals surface area (Å²) in [5.74, 6) is 0.519. The van der Waals surface area contributed by atoms with E-state index in [4.69, 9.17) is 14.2 Å². The fourth-order valence-corrected chi connectivity index (χ4v) is 2.12. The Balaban J connectivity index is 1.94. The number of ether oxygens (including phenoxy) is 3. The van der Waals surface area contributed by atoms with Crippen LogP contribution in [-0.4, -0.2) is 37.6 Å². The van der Waals surface area contributed by atoms with E-state index in [2.05, 4.69) is 6.92 Å². The molecule has 0 aromatic rings. The van der Waals surface area contributed by atoms with Gasteiger partial charge in [0.2, 0.25) is 0 Å². The molecule has 0 amide bonds. The van der Waals surface area contributed by atoms with Gasteiger partial charge in [-0.15, -0.1) is 0 Å². The van der Waals surface area contributed by atoms with Gasteiger partial charge in [0.05, 0.1) is 25.4 Å². The second-order valence-electron chi connectivity index (χ2n) is 4.30. The smallest absolute Gasteiger partial charge is 0.112 e. The summed E-state index contributed by atoms with van der Waals surface area (Å²) in [5.41, 5.74) is 0. The molecular formula is C10H18O3. The topological polar surface area (TPSA) is 27.7 Å². The molecular weight excluding hydrogens is 168 g/mol. The Hall–Kier alpha value is -0.120. The van der Waals surface area contributed by atoms with Crippen LogP contribution in [0, 0.1) is 5.92 Å². The maximum atomic E-state index is 5.72. The van der Waals surface area contributed by atoms with Gasteiger partial charge in [-0.3, -0.25) is 0 Å². The Bertz CT molecular complexity index is 181. The highest BCUT2D eigenvalue weighted by Gasteiger charge is 2.46. The lowest BCUT2D eigenvalue weighted by Crippen LogP contribution is -2.32. The first-order chi connectivity index (χ1) is 6.18. The van der Waals surface area contributed by atoms with Crippen LogP contribution in [0.15, 0.2) is 0 Å². The van der Waals surface area contributed by atoms with Crippen LogP contribution in [0.5, 0.6) is 0 Å². The quantitative estimate of drug-likeness (QED) is 0.649. The second-order valence-corrected chi connectivity index (χ2v) is 4.30. The monoisotopic (exact) mass is 186 g/mol. The summed E-state index contributed by atoms with van der Waals surface area (Å²) < 4.78 is 17.0. The van der Waals surface area contributed by atoms with Crippen molar-refractivity contribution < 1.29 is 14.2 Å². The van der Waals surface area contributed by atoms with Gasteiger partial charge in [0.15, 0.2) is 0 Å². The van der Waals surface area contributed by atoms with Crippen LogP contribution >= 0.6 is 0 Å². The highest BCUT2D eigenvalue weighted by atomic mass is 16.6. The number of fused-ring (bicyclic) bond motifs is 1. The molecule has 0 aromatic heterocycles. The Morgan fingerprint density at radius 1 is 1.15 bits per heavy atom. The predicted molar refractivity (Wildman–Crippen MR) is 48.7 cm³/mol. The molecule has 0 radical (unpaired) electrons. The van der Waals surface area contributed by atoms with E-state index in [1.54, 1.807) is 0 Å². The molecule has 3 nitrogen and oxygen atoms in total. The molecule has 0 aromatic carbocycles. The zero-order chi connectivity index (χ0) is 9.42. The third-order valence-corrected chi connectivity index (χ3v) is 2.70. The molecule has 0 saturated carbocycles. The molecule has 0 bridgehead atoms. The van der Waals surface area contributed by atoms with Crippen LogP contribution in [0.3, 0.4) is 0 Å². The molecule has 2 heterocycles. The van der Waals surface area contributed by atoms with Gasteiger partial charge >= 0.3 is 0 Å². The molecule has 0 spiro atoms. The molecule has 0 N–H and O–H groups in total. The Labute approximate surface area is 79.4 Å². The predicted octanol–water partition coefficient (Wildman–Crippen LogP) is 1.21. The van der Waals surface area contributed by atoms with Crippen LogP contribution in [0.4, 0.5) is 0 Å². The molecule has 2 aliphatic rings. The van der Waals surface area contributed by atoms with Crippen molar-refractivity contribution in [2.24, 2.45) is 5.92 Å². The number of hydrogen-bond donors (Lipinski definition) is 0. The van der Waals surface area contributed by atoms with E-state index < -0.39 is 0 Å². The molecule has 3 heteroatoms. The van der Waals surface area contributed by atoms with Gasteiger partial charge in [0.25, 0.3) is 0 Å². The largest absolute Gasteiger partial charge is 0.372 e. The average Bonchev–Trinajstić information content (AvgIpc) is 2.56. The van der Waals surface area contributed by atoms with Gasteiger partial charge in [-0.25, -0.2) is 0 Å². The van der Waals surface area contributed by atoms with Crippen molar-refractivity contribution in [1.82, 2.24) is 0 Å². The first-order valence-electron chi connectivity index (χ1n) is 5.07. The first-order valence-corrected chi connectivity index (χ1v) is 5.07. The van der Waals surface area contributed by atoms with Crippen molar-refractivity contribution >= 4 is 0 Å². The van der Waals surface area contributed by atoms with Crippen molar-refractivity contribution in [1.29, 1.82) is 0 Å². The Kier molecular flexibility index (Phi) is 2.58.